The maximum absolute atomic E-state index is 14.5. The molecule has 7 nitrogen and oxygen atoms in total. The quantitative estimate of drug-likeness (QED) is 0.157. The highest BCUT2D eigenvalue weighted by atomic mass is 35.5. The average Bonchev–Trinajstić information content (AvgIpc) is 3.61. The van der Waals surface area contributed by atoms with Gasteiger partial charge in [-0.05, 0) is 31.0 Å². The standard InChI is InChI=1S/C24H16Cl3F7N4O3/c1-41-18(39)10-37(14-2-3-14)21(40)15-4-11(7-35-20(15)27)12-8-36-38(9-12)19-16(25)5-13(6-17(19)26)22(28,23(29,30)31)24(32,33)34/h4-9,14H,2-3,10H2,1H3. The van der Waals surface area contributed by atoms with Gasteiger partial charge in [0, 0.05) is 35.1 Å². The number of pyridine rings is 1. The molecule has 220 valence electrons. The van der Waals surface area contributed by atoms with Crippen molar-refractivity contribution in [1.29, 1.82) is 0 Å². The van der Waals surface area contributed by atoms with Crippen molar-refractivity contribution in [2.24, 2.45) is 0 Å². The van der Waals surface area contributed by atoms with E-state index in [0.29, 0.717) is 12.8 Å². The molecule has 2 aromatic heterocycles. The molecule has 0 spiro atoms. The second-order valence-electron chi connectivity index (χ2n) is 8.92. The molecule has 17 heteroatoms. The van der Waals surface area contributed by atoms with Crippen molar-refractivity contribution < 1.29 is 45.1 Å². The number of hydrogen-bond acceptors (Lipinski definition) is 5. The third-order valence-electron chi connectivity index (χ3n) is 6.19. The number of amides is 1. The third kappa shape index (κ3) is 5.82. The summed E-state index contributed by atoms with van der Waals surface area (Å²) < 4.78 is 99.3. The lowest BCUT2D eigenvalue weighted by molar-refractivity contribution is -0.348. The molecule has 1 amide bonds. The van der Waals surface area contributed by atoms with Crippen molar-refractivity contribution in [2.45, 2.75) is 36.9 Å². The molecule has 1 saturated carbocycles. The lowest BCUT2D eigenvalue weighted by Gasteiger charge is -2.30. The fraction of sp³-hybridized carbons (Fsp3) is 0.333. The van der Waals surface area contributed by atoms with Crippen LogP contribution >= 0.6 is 34.8 Å². The molecule has 0 N–H and O–H groups in total. The number of alkyl halides is 7. The molecule has 1 aromatic carbocycles. The molecule has 0 bridgehead atoms. The van der Waals surface area contributed by atoms with Crippen LogP contribution in [0.25, 0.3) is 16.8 Å². The van der Waals surface area contributed by atoms with Gasteiger partial charge >= 0.3 is 24.0 Å². The Kier molecular flexibility index (Phi) is 8.24. The molecular weight excluding hydrogens is 632 g/mol. The number of hydrogen-bond donors (Lipinski definition) is 0. The molecule has 0 saturated heterocycles. The first kappa shape index (κ1) is 30.8. The minimum atomic E-state index is -6.36. The Balaban J connectivity index is 1.70. The molecule has 41 heavy (non-hydrogen) atoms. The number of methoxy groups -OCH3 is 1. The summed E-state index contributed by atoms with van der Waals surface area (Å²) in [6.07, 6.45) is -7.63. The molecule has 4 rings (SSSR count). The number of nitrogens with zero attached hydrogens (tertiary/aromatic N) is 4. The average molecular weight is 648 g/mol. The van der Waals surface area contributed by atoms with Crippen molar-refractivity contribution in [3.8, 4) is 16.8 Å². The molecular formula is C24H16Cl3F7N4O3. The second-order valence-corrected chi connectivity index (χ2v) is 10.1. The zero-order chi connectivity index (χ0) is 30.5. The second kappa shape index (κ2) is 11.0. The van der Waals surface area contributed by atoms with Crippen LogP contribution in [-0.2, 0) is 15.2 Å². The monoisotopic (exact) mass is 646 g/mol. The van der Waals surface area contributed by atoms with Crippen LogP contribution in [0.3, 0.4) is 0 Å². The van der Waals surface area contributed by atoms with Crippen LogP contribution in [0.4, 0.5) is 30.7 Å². The van der Waals surface area contributed by atoms with Crippen LogP contribution in [0.15, 0.2) is 36.8 Å². The minimum Gasteiger partial charge on any atom is -0.468 e. The van der Waals surface area contributed by atoms with E-state index in [9.17, 15) is 40.3 Å². The lowest BCUT2D eigenvalue weighted by atomic mass is 9.94. The summed E-state index contributed by atoms with van der Waals surface area (Å²) in [5, 5.41) is 2.31. The van der Waals surface area contributed by atoms with Crippen molar-refractivity contribution in [1.82, 2.24) is 19.7 Å². The van der Waals surface area contributed by atoms with Crippen LogP contribution in [-0.4, -0.2) is 63.6 Å². The summed E-state index contributed by atoms with van der Waals surface area (Å²) in [5.41, 5.74) is -7.45. The molecule has 2 heterocycles. The van der Waals surface area contributed by atoms with Gasteiger partial charge < -0.3 is 9.64 Å². The van der Waals surface area contributed by atoms with E-state index in [-0.39, 0.29) is 52.3 Å². The fourth-order valence-corrected chi connectivity index (χ4v) is 4.78. The van der Waals surface area contributed by atoms with Gasteiger partial charge in [0.05, 0.1) is 28.9 Å². The van der Waals surface area contributed by atoms with Crippen molar-refractivity contribution in [3.05, 3.63) is 63.1 Å². The highest BCUT2D eigenvalue weighted by Crippen LogP contribution is 2.54. The number of benzene rings is 1. The summed E-state index contributed by atoms with van der Waals surface area (Å²) in [4.78, 5) is 30.3. The summed E-state index contributed by atoms with van der Waals surface area (Å²) in [7, 11) is 1.18. The van der Waals surface area contributed by atoms with Gasteiger partial charge in [-0.25, -0.2) is 14.1 Å². The molecule has 0 aliphatic heterocycles. The van der Waals surface area contributed by atoms with E-state index in [4.69, 9.17) is 34.8 Å². The Labute approximate surface area is 241 Å². The smallest absolute Gasteiger partial charge is 0.435 e. The fourth-order valence-electron chi connectivity index (χ4n) is 3.93. The van der Waals surface area contributed by atoms with E-state index in [2.05, 4.69) is 14.8 Å². The number of ether oxygens (including phenoxy) is 1. The Hall–Kier alpha value is -3.10. The van der Waals surface area contributed by atoms with Gasteiger partial charge in [0.1, 0.15) is 17.4 Å². The molecule has 0 atom stereocenters. The third-order valence-corrected chi connectivity index (χ3v) is 7.06. The molecule has 0 unspecified atom stereocenters. The number of esters is 1. The van der Waals surface area contributed by atoms with Gasteiger partial charge in [0.2, 0.25) is 0 Å². The maximum Gasteiger partial charge on any atom is 0.435 e. The Morgan fingerprint density at radius 1 is 0.976 bits per heavy atom. The van der Waals surface area contributed by atoms with Crippen LogP contribution < -0.4 is 0 Å². The van der Waals surface area contributed by atoms with Crippen LogP contribution in [0.5, 0.6) is 0 Å². The number of halogens is 10. The van der Waals surface area contributed by atoms with Gasteiger partial charge in [-0.15, -0.1) is 0 Å². The highest BCUT2D eigenvalue weighted by molar-refractivity contribution is 6.38. The Bertz CT molecular complexity index is 1470. The summed E-state index contributed by atoms with van der Waals surface area (Å²) in [6.45, 7) is -0.311. The van der Waals surface area contributed by atoms with Gasteiger partial charge in [-0.2, -0.15) is 31.4 Å². The topological polar surface area (TPSA) is 77.3 Å². The molecule has 0 radical (unpaired) electrons. The predicted octanol–water partition coefficient (Wildman–Crippen LogP) is 6.96. The van der Waals surface area contributed by atoms with Crippen LogP contribution in [0.1, 0.15) is 28.8 Å². The van der Waals surface area contributed by atoms with E-state index >= 15 is 0 Å². The highest BCUT2D eigenvalue weighted by Gasteiger charge is 2.73. The van der Waals surface area contributed by atoms with Crippen molar-refractivity contribution in [3.63, 3.8) is 0 Å². The Morgan fingerprint density at radius 3 is 2.07 bits per heavy atom. The molecule has 3 aromatic rings. The largest absolute Gasteiger partial charge is 0.468 e. The van der Waals surface area contributed by atoms with Gasteiger partial charge in [-0.1, -0.05) is 34.8 Å². The van der Waals surface area contributed by atoms with Gasteiger partial charge in [0.25, 0.3) is 5.91 Å². The normalized spacial score (nSPS) is 14.2. The first-order chi connectivity index (χ1) is 19.0. The maximum atomic E-state index is 14.5. The predicted molar refractivity (Wildman–Crippen MR) is 133 cm³/mol. The van der Waals surface area contributed by atoms with Crippen LogP contribution in [0, 0.1) is 0 Å². The SMILES string of the molecule is COC(=O)CN(C(=O)c1cc(-c2cnn(-c3c(Cl)cc(C(F)(C(F)(F)F)C(F)(F)F)cc3Cl)c2)cnc1Cl)C1CC1. The van der Waals surface area contributed by atoms with Crippen molar-refractivity contribution >= 4 is 46.7 Å². The first-order valence-electron chi connectivity index (χ1n) is 11.4. The summed E-state index contributed by atoms with van der Waals surface area (Å²) in [5.74, 6) is -1.22. The molecule has 1 aliphatic rings. The van der Waals surface area contributed by atoms with E-state index in [0.717, 1.165) is 4.68 Å². The van der Waals surface area contributed by atoms with E-state index in [1.165, 1.54) is 36.7 Å². The summed E-state index contributed by atoms with van der Waals surface area (Å²) >= 11 is 18.1. The van der Waals surface area contributed by atoms with Gasteiger partial charge in [-0.3, -0.25) is 9.59 Å². The molecule has 1 fully saturated rings. The number of rotatable bonds is 7. The van der Waals surface area contributed by atoms with E-state index in [1.54, 1.807) is 0 Å². The zero-order valence-electron chi connectivity index (χ0n) is 20.5. The first-order valence-corrected chi connectivity index (χ1v) is 12.5. The zero-order valence-corrected chi connectivity index (χ0v) is 22.7. The van der Waals surface area contributed by atoms with Crippen LogP contribution in [0.2, 0.25) is 15.2 Å². The van der Waals surface area contributed by atoms with E-state index in [1.807, 2.05) is 0 Å². The van der Waals surface area contributed by atoms with Crippen molar-refractivity contribution in [2.75, 3.05) is 13.7 Å². The lowest BCUT2D eigenvalue weighted by Crippen LogP contribution is -2.50. The van der Waals surface area contributed by atoms with E-state index < -0.39 is 45.5 Å². The molecule has 1 aliphatic carbocycles. The minimum absolute atomic E-state index is 0.0493. The van der Waals surface area contributed by atoms with Gasteiger partial charge in [0.15, 0.2) is 0 Å². The summed E-state index contributed by atoms with van der Waals surface area (Å²) in [6, 6.07) is 1.51. The number of carbonyl (C=O) groups excluding carboxylic acids is 2. The number of aromatic nitrogens is 3. The number of carbonyl (C=O) groups is 2. The Morgan fingerprint density at radius 2 is 1.56 bits per heavy atom.